The molecule has 2 aromatic rings. The second kappa shape index (κ2) is 5.93. The van der Waals surface area contributed by atoms with E-state index in [1.807, 2.05) is 6.92 Å². The number of benzene rings is 1. The van der Waals surface area contributed by atoms with E-state index in [2.05, 4.69) is 10.3 Å². The number of carbonyl (C=O) groups is 1. The zero-order valence-electron chi connectivity index (χ0n) is 10.9. The van der Waals surface area contributed by atoms with Crippen molar-refractivity contribution in [1.82, 2.24) is 10.3 Å². The standard InChI is InChI=1S/C14H15FN2OS/c1-9-13(7-8-16-10(2)18)19-14(17-9)11-3-5-12(15)6-4-11/h3-6H,7-8H2,1-2H3,(H,16,18). The summed E-state index contributed by atoms with van der Waals surface area (Å²) in [6.45, 7) is 4.07. The van der Waals surface area contributed by atoms with Crippen molar-refractivity contribution in [3.05, 3.63) is 40.7 Å². The molecule has 0 atom stereocenters. The summed E-state index contributed by atoms with van der Waals surface area (Å²) < 4.78 is 12.9. The van der Waals surface area contributed by atoms with E-state index < -0.39 is 0 Å². The normalized spacial score (nSPS) is 10.5. The van der Waals surface area contributed by atoms with Crippen LogP contribution in [-0.2, 0) is 11.2 Å². The van der Waals surface area contributed by atoms with Crippen molar-refractivity contribution in [2.24, 2.45) is 0 Å². The van der Waals surface area contributed by atoms with Crippen LogP contribution in [0, 0.1) is 12.7 Å². The molecule has 2 rings (SSSR count). The third-order valence-electron chi connectivity index (χ3n) is 2.71. The number of hydrogen-bond donors (Lipinski definition) is 1. The third kappa shape index (κ3) is 3.61. The highest BCUT2D eigenvalue weighted by Crippen LogP contribution is 2.28. The Bertz CT molecular complexity index is 578. The second-order valence-corrected chi connectivity index (χ2v) is 5.35. The first-order chi connectivity index (χ1) is 9.06. The van der Waals surface area contributed by atoms with Gasteiger partial charge in [-0.05, 0) is 31.2 Å². The fourth-order valence-electron chi connectivity index (χ4n) is 1.73. The van der Waals surface area contributed by atoms with Crippen LogP contribution in [0.1, 0.15) is 17.5 Å². The van der Waals surface area contributed by atoms with Gasteiger partial charge in [0.15, 0.2) is 0 Å². The Labute approximate surface area is 115 Å². The van der Waals surface area contributed by atoms with E-state index in [-0.39, 0.29) is 11.7 Å². The number of aromatic nitrogens is 1. The van der Waals surface area contributed by atoms with E-state index in [9.17, 15) is 9.18 Å². The number of amides is 1. The molecule has 3 nitrogen and oxygen atoms in total. The Hall–Kier alpha value is -1.75. The number of nitrogens with zero attached hydrogens (tertiary/aromatic N) is 1. The molecule has 0 bridgehead atoms. The molecular formula is C14H15FN2OS. The quantitative estimate of drug-likeness (QED) is 0.934. The Kier molecular flexibility index (Phi) is 4.27. The third-order valence-corrected chi connectivity index (χ3v) is 3.98. The molecule has 19 heavy (non-hydrogen) atoms. The molecule has 5 heteroatoms. The molecule has 0 aliphatic rings. The maximum atomic E-state index is 12.9. The first-order valence-electron chi connectivity index (χ1n) is 6.03. The van der Waals surface area contributed by atoms with Gasteiger partial charge in [0.2, 0.25) is 5.91 Å². The summed E-state index contributed by atoms with van der Waals surface area (Å²) in [5, 5.41) is 3.65. The van der Waals surface area contributed by atoms with Gasteiger partial charge in [-0.3, -0.25) is 4.79 Å². The van der Waals surface area contributed by atoms with Crippen LogP contribution in [0.25, 0.3) is 10.6 Å². The van der Waals surface area contributed by atoms with Gasteiger partial charge in [-0.25, -0.2) is 9.37 Å². The van der Waals surface area contributed by atoms with E-state index in [0.717, 1.165) is 27.6 Å². The number of nitrogens with one attached hydrogen (secondary N) is 1. The average molecular weight is 278 g/mol. The number of thiazole rings is 1. The van der Waals surface area contributed by atoms with Gasteiger partial charge in [-0.15, -0.1) is 11.3 Å². The number of aryl methyl sites for hydroxylation is 1. The largest absolute Gasteiger partial charge is 0.356 e. The minimum absolute atomic E-state index is 0.0269. The Morgan fingerprint density at radius 1 is 1.37 bits per heavy atom. The van der Waals surface area contributed by atoms with E-state index >= 15 is 0 Å². The molecule has 1 aromatic heterocycles. The van der Waals surface area contributed by atoms with Crippen molar-refractivity contribution >= 4 is 17.2 Å². The molecule has 1 aromatic carbocycles. The number of halogens is 1. The van der Waals surface area contributed by atoms with Crippen LogP contribution in [0.4, 0.5) is 4.39 Å². The monoisotopic (exact) mass is 278 g/mol. The van der Waals surface area contributed by atoms with Crippen molar-refractivity contribution in [2.45, 2.75) is 20.3 Å². The molecule has 1 N–H and O–H groups in total. The molecule has 0 saturated heterocycles. The number of carbonyl (C=O) groups excluding carboxylic acids is 1. The molecule has 1 heterocycles. The zero-order valence-corrected chi connectivity index (χ0v) is 11.7. The molecule has 0 spiro atoms. The number of hydrogen-bond acceptors (Lipinski definition) is 3. The van der Waals surface area contributed by atoms with E-state index in [1.165, 1.54) is 19.1 Å². The molecule has 0 aliphatic heterocycles. The van der Waals surface area contributed by atoms with Crippen LogP contribution in [-0.4, -0.2) is 17.4 Å². The van der Waals surface area contributed by atoms with Crippen molar-refractivity contribution in [1.29, 1.82) is 0 Å². The summed E-state index contributed by atoms with van der Waals surface area (Å²) in [5.74, 6) is -0.274. The van der Waals surface area contributed by atoms with Gasteiger partial charge in [-0.1, -0.05) is 0 Å². The topological polar surface area (TPSA) is 42.0 Å². The summed E-state index contributed by atoms with van der Waals surface area (Å²) in [4.78, 5) is 16.5. The van der Waals surface area contributed by atoms with Gasteiger partial charge < -0.3 is 5.32 Å². The smallest absolute Gasteiger partial charge is 0.216 e. The molecule has 0 aliphatic carbocycles. The Balaban J connectivity index is 2.12. The molecule has 100 valence electrons. The lowest BCUT2D eigenvalue weighted by Gasteiger charge is -1.99. The highest BCUT2D eigenvalue weighted by atomic mass is 32.1. The average Bonchev–Trinajstić information content (AvgIpc) is 2.71. The van der Waals surface area contributed by atoms with Gasteiger partial charge in [-0.2, -0.15) is 0 Å². The van der Waals surface area contributed by atoms with Gasteiger partial charge in [0, 0.05) is 30.3 Å². The van der Waals surface area contributed by atoms with E-state index in [0.29, 0.717) is 6.54 Å². The maximum absolute atomic E-state index is 12.9. The highest BCUT2D eigenvalue weighted by molar-refractivity contribution is 7.15. The fourth-order valence-corrected chi connectivity index (χ4v) is 2.80. The molecule has 0 unspecified atom stereocenters. The predicted molar refractivity (Wildman–Crippen MR) is 74.6 cm³/mol. The molecule has 0 saturated carbocycles. The van der Waals surface area contributed by atoms with Gasteiger partial charge in [0.25, 0.3) is 0 Å². The first-order valence-corrected chi connectivity index (χ1v) is 6.84. The summed E-state index contributed by atoms with van der Waals surface area (Å²) in [6, 6.07) is 6.32. The van der Waals surface area contributed by atoms with Crippen molar-refractivity contribution in [3.63, 3.8) is 0 Å². The summed E-state index contributed by atoms with van der Waals surface area (Å²) >= 11 is 1.59. The van der Waals surface area contributed by atoms with Crippen LogP contribution in [0.3, 0.4) is 0 Å². The van der Waals surface area contributed by atoms with Crippen molar-refractivity contribution < 1.29 is 9.18 Å². The fraction of sp³-hybridized carbons (Fsp3) is 0.286. The van der Waals surface area contributed by atoms with Crippen LogP contribution in [0.2, 0.25) is 0 Å². The SMILES string of the molecule is CC(=O)NCCc1sc(-c2ccc(F)cc2)nc1C. The van der Waals surface area contributed by atoms with Crippen LogP contribution >= 0.6 is 11.3 Å². The molecule has 0 fully saturated rings. The van der Waals surface area contributed by atoms with Crippen molar-refractivity contribution in [2.75, 3.05) is 6.54 Å². The Morgan fingerprint density at radius 3 is 2.68 bits per heavy atom. The lowest BCUT2D eigenvalue weighted by atomic mass is 10.2. The lowest BCUT2D eigenvalue weighted by molar-refractivity contribution is -0.118. The Morgan fingerprint density at radius 2 is 2.05 bits per heavy atom. The highest BCUT2D eigenvalue weighted by Gasteiger charge is 2.09. The predicted octanol–water partition coefficient (Wildman–Crippen LogP) is 2.94. The van der Waals surface area contributed by atoms with Crippen LogP contribution in [0.15, 0.2) is 24.3 Å². The lowest BCUT2D eigenvalue weighted by Crippen LogP contribution is -2.22. The summed E-state index contributed by atoms with van der Waals surface area (Å²) in [5.41, 5.74) is 1.88. The van der Waals surface area contributed by atoms with Crippen LogP contribution in [0.5, 0.6) is 0 Å². The minimum Gasteiger partial charge on any atom is -0.356 e. The summed E-state index contributed by atoms with van der Waals surface area (Å²) in [6.07, 6.45) is 0.768. The molecule has 0 radical (unpaired) electrons. The van der Waals surface area contributed by atoms with Gasteiger partial charge >= 0.3 is 0 Å². The van der Waals surface area contributed by atoms with E-state index in [1.54, 1.807) is 23.5 Å². The van der Waals surface area contributed by atoms with Crippen molar-refractivity contribution in [3.8, 4) is 10.6 Å². The summed E-state index contributed by atoms with van der Waals surface area (Å²) in [7, 11) is 0. The second-order valence-electron chi connectivity index (χ2n) is 4.27. The molecular weight excluding hydrogens is 263 g/mol. The van der Waals surface area contributed by atoms with Gasteiger partial charge in [0.1, 0.15) is 10.8 Å². The first kappa shape index (κ1) is 13.7. The number of rotatable bonds is 4. The maximum Gasteiger partial charge on any atom is 0.216 e. The molecule has 1 amide bonds. The minimum atomic E-state index is -0.247. The van der Waals surface area contributed by atoms with Crippen LogP contribution < -0.4 is 5.32 Å². The zero-order chi connectivity index (χ0) is 13.8. The van der Waals surface area contributed by atoms with Gasteiger partial charge in [0.05, 0.1) is 5.69 Å². The van der Waals surface area contributed by atoms with E-state index in [4.69, 9.17) is 0 Å².